The first-order chi connectivity index (χ1) is 12.2. The number of aromatic nitrogens is 1. The van der Waals surface area contributed by atoms with Crippen LogP contribution < -0.4 is 4.74 Å². The minimum atomic E-state index is 0. The van der Waals surface area contributed by atoms with Crippen LogP contribution in [0.15, 0.2) is 30.3 Å². The lowest BCUT2D eigenvalue weighted by molar-refractivity contribution is 0.0976. The normalized spacial score (nSPS) is 10.8. The molecule has 0 saturated carbocycles. The van der Waals surface area contributed by atoms with E-state index in [1.165, 1.54) is 0 Å². The highest BCUT2D eigenvalue weighted by molar-refractivity contribution is 6.07. The molecule has 0 N–H and O–H groups in total. The molecule has 1 aromatic carbocycles. The lowest BCUT2D eigenvalue weighted by Crippen LogP contribution is -2.24. The second kappa shape index (κ2) is 11.6. The Kier molecular flexibility index (Phi) is 9.89. The molecule has 26 heavy (non-hydrogen) atoms. The van der Waals surface area contributed by atoms with Crippen molar-refractivity contribution in [3.05, 3.63) is 35.9 Å². The van der Waals surface area contributed by atoms with E-state index in [0.717, 1.165) is 55.4 Å². The van der Waals surface area contributed by atoms with Gasteiger partial charge in [0, 0.05) is 23.4 Å². The SMILES string of the molecule is C.CCCCOc1cc(C(=O)CCCN(CC)CC)c2ccccc2n1. The predicted molar refractivity (Wildman–Crippen MR) is 110 cm³/mol. The third kappa shape index (κ3) is 6.10. The quantitative estimate of drug-likeness (QED) is 0.401. The van der Waals surface area contributed by atoms with Crippen LogP contribution in [0, 0.1) is 0 Å². The van der Waals surface area contributed by atoms with E-state index in [1.807, 2.05) is 30.3 Å². The van der Waals surface area contributed by atoms with E-state index in [9.17, 15) is 4.79 Å². The number of pyridine rings is 1. The zero-order valence-corrected chi connectivity index (χ0v) is 15.8. The third-order valence-electron chi connectivity index (χ3n) is 4.51. The Bertz CT molecular complexity index is 681. The number of ketones is 1. The average molecular weight is 359 g/mol. The Morgan fingerprint density at radius 1 is 1.12 bits per heavy atom. The fraction of sp³-hybridized carbons (Fsp3) is 0.545. The van der Waals surface area contributed by atoms with Gasteiger partial charge in [-0.1, -0.05) is 52.8 Å². The first-order valence-electron chi connectivity index (χ1n) is 9.47. The number of fused-ring (bicyclic) bond motifs is 1. The largest absolute Gasteiger partial charge is 0.478 e. The zero-order valence-electron chi connectivity index (χ0n) is 15.8. The molecule has 2 rings (SSSR count). The Labute approximate surface area is 158 Å². The summed E-state index contributed by atoms with van der Waals surface area (Å²) in [5.74, 6) is 0.727. The van der Waals surface area contributed by atoms with Gasteiger partial charge in [0.15, 0.2) is 5.78 Å². The molecule has 0 unspecified atom stereocenters. The summed E-state index contributed by atoms with van der Waals surface area (Å²) in [6.45, 7) is 10.1. The molecule has 0 spiro atoms. The highest BCUT2D eigenvalue weighted by Gasteiger charge is 2.14. The summed E-state index contributed by atoms with van der Waals surface area (Å²) < 4.78 is 5.75. The van der Waals surface area contributed by atoms with Crippen molar-refractivity contribution in [1.82, 2.24) is 9.88 Å². The summed E-state index contributed by atoms with van der Waals surface area (Å²) in [6.07, 6.45) is 3.49. The topological polar surface area (TPSA) is 42.4 Å². The smallest absolute Gasteiger partial charge is 0.214 e. The van der Waals surface area contributed by atoms with Gasteiger partial charge in [-0.05, 0) is 38.5 Å². The molecule has 1 aromatic heterocycles. The highest BCUT2D eigenvalue weighted by atomic mass is 16.5. The molecule has 4 heteroatoms. The van der Waals surface area contributed by atoms with Gasteiger partial charge in [-0.15, -0.1) is 0 Å². The molecule has 0 radical (unpaired) electrons. The van der Waals surface area contributed by atoms with Gasteiger partial charge in [-0.3, -0.25) is 4.79 Å². The first-order valence-corrected chi connectivity index (χ1v) is 9.47. The number of ether oxygens (including phenoxy) is 1. The minimum absolute atomic E-state index is 0. The van der Waals surface area contributed by atoms with Crippen LogP contribution in [-0.4, -0.2) is 41.9 Å². The fourth-order valence-electron chi connectivity index (χ4n) is 2.91. The second-order valence-electron chi connectivity index (χ2n) is 6.28. The monoisotopic (exact) mass is 358 g/mol. The van der Waals surface area contributed by atoms with E-state index in [2.05, 4.69) is 30.7 Å². The summed E-state index contributed by atoms with van der Waals surface area (Å²) in [6, 6.07) is 9.62. The summed E-state index contributed by atoms with van der Waals surface area (Å²) in [4.78, 5) is 19.7. The number of benzene rings is 1. The number of unbranched alkanes of at least 4 members (excludes halogenated alkanes) is 1. The molecule has 144 valence electrons. The van der Waals surface area contributed by atoms with E-state index in [4.69, 9.17) is 4.74 Å². The van der Waals surface area contributed by atoms with Crippen LogP contribution in [0.2, 0.25) is 0 Å². The molecule has 0 aliphatic carbocycles. The maximum Gasteiger partial charge on any atom is 0.214 e. The van der Waals surface area contributed by atoms with Gasteiger partial charge in [-0.2, -0.15) is 0 Å². The number of hydrogen-bond donors (Lipinski definition) is 0. The van der Waals surface area contributed by atoms with Crippen molar-refractivity contribution in [2.45, 2.75) is 53.9 Å². The maximum atomic E-state index is 12.8. The van der Waals surface area contributed by atoms with Crippen molar-refractivity contribution in [1.29, 1.82) is 0 Å². The van der Waals surface area contributed by atoms with Gasteiger partial charge in [0.05, 0.1) is 12.1 Å². The molecule has 0 fully saturated rings. The zero-order chi connectivity index (χ0) is 18.1. The fourth-order valence-corrected chi connectivity index (χ4v) is 2.91. The van der Waals surface area contributed by atoms with E-state index in [-0.39, 0.29) is 13.2 Å². The standard InChI is InChI=1S/C21H30N2O2.CH4/c1-4-7-15-25-21-16-18(17-11-8-9-12-19(17)22-21)20(24)13-10-14-23(5-2)6-3;/h8-9,11-12,16H,4-7,10,13-15H2,1-3H3;1H4. The summed E-state index contributed by atoms with van der Waals surface area (Å²) in [5, 5.41) is 0.915. The van der Waals surface area contributed by atoms with E-state index >= 15 is 0 Å². The molecule has 0 aliphatic rings. The van der Waals surface area contributed by atoms with Crippen molar-refractivity contribution in [2.75, 3.05) is 26.2 Å². The van der Waals surface area contributed by atoms with Crippen molar-refractivity contribution >= 4 is 16.7 Å². The number of Topliss-reactive ketones (excluding diaryl/α,β-unsaturated/α-hetero) is 1. The van der Waals surface area contributed by atoms with Gasteiger partial charge in [-0.25, -0.2) is 4.98 Å². The number of para-hydroxylation sites is 1. The van der Waals surface area contributed by atoms with Crippen LogP contribution in [-0.2, 0) is 0 Å². The third-order valence-corrected chi connectivity index (χ3v) is 4.51. The Morgan fingerprint density at radius 3 is 2.54 bits per heavy atom. The molecule has 0 aliphatic heterocycles. The lowest BCUT2D eigenvalue weighted by atomic mass is 10.0. The second-order valence-corrected chi connectivity index (χ2v) is 6.28. The maximum absolute atomic E-state index is 12.8. The predicted octanol–water partition coefficient (Wildman–Crippen LogP) is 5.35. The van der Waals surface area contributed by atoms with Gasteiger partial charge in [0.1, 0.15) is 0 Å². The van der Waals surface area contributed by atoms with Crippen LogP contribution in [0.1, 0.15) is 64.2 Å². The minimum Gasteiger partial charge on any atom is -0.478 e. The Hall–Kier alpha value is -1.94. The number of carbonyl (C=O) groups is 1. The van der Waals surface area contributed by atoms with Crippen LogP contribution >= 0.6 is 0 Å². The van der Waals surface area contributed by atoms with Crippen LogP contribution in [0.25, 0.3) is 10.9 Å². The van der Waals surface area contributed by atoms with Crippen molar-refractivity contribution in [3.63, 3.8) is 0 Å². The number of carbonyl (C=O) groups excluding carboxylic acids is 1. The van der Waals surface area contributed by atoms with Crippen LogP contribution in [0.4, 0.5) is 0 Å². The summed E-state index contributed by atoms with van der Waals surface area (Å²) >= 11 is 0. The Morgan fingerprint density at radius 2 is 1.85 bits per heavy atom. The molecular weight excluding hydrogens is 324 g/mol. The van der Waals surface area contributed by atoms with Gasteiger partial charge in [0.25, 0.3) is 0 Å². The van der Waals surface area contributed by atoms with Crippen LogP contribution in [0.5, 0.6) is 5.88 Å². The van der Waals surface area contributed by atoms with E-state index < -0.39 is 0 Å². The molecule has 2 aromatic rings. The molecule has 0 atom stereocenters. The summed E-state index contributed by atoms with van der Waals surface area (Å²) in [7, 11) is 0. The molecule has 4 nitrogen and oxygen atoms in total. The lowest BCUT2D eigenvalue weighted by Gasteiger charge is -2.17. The molecule has 0 saturated heterocycles. The van der Waals surface area contributed by atoms with Gasteiger partial charge < -0.3 is 9.64 Å². The van der Waals surface area contributed by atoms with Crippen molar-refractivity contribution in [2.24, 2.45) is 0 Å². The number of hydrogen-bond acceptors (Lipinski definition) is 4. The molecule has 0 amide bonds. The van der Waals surface area contributed by atoms with Crippen molar-refractivity contribution < 1.29 is 9.53 Å². The van der Waals surface area contributed by atoms with E-state index in [0.29, 0.717) is 18.9 Å². The number of rotatable bonds is 11. The first kappa shape index (κ1) is 22.1. The molecule has 1 heterocycles. The van der Waals surface area contributed by atoms with Gasteiger partial charge in [0.2, 0.25) is 5.88 Å². The molecule has 0 bridgehead atoms. The Balaban J connectivity index is 0.00000338. The van der Waals surface area contributed by atoms with Gasteiger partial charge >= 0.3 is 0 Å². The number of nitrogens with zero attached hydrogens (tertiary/aromatic N) is 2. The van der Waals surface area contributed by atoms with Crippen molar-refractivity contribution in [3.8, 4) is 5.88 Å². The highest BCUT2D eigenvalue weighted by Crippen LogP contribution is 2.24. The van der Waals surface area contributed by atoms with Crippen LogP contribution in [0.3, 0.4) is 0 Å². The summed E-state index contributed by atoms with van der Waals surface area (Å²) in [5.41, 5.74) is 1.56. The average Bonchev–Trinajstić information content (AvgIpc) is 2.64. The molecular formula is C22H34N2O2. The van der Waals surface area contributed by atoms with E-state index in [1.54, 1.807) is 0 Å².